The van der Waals surface area contributed by atoms with Gasteiger partial charge in [0.1, 0.15) is 29.7 Å². The Bertz CT molecular complexity index is 1590. The van der Waals surface area contributed by atoms with Crippen molar-refractivity contribution in [1.82, 2.24) is 24.8 Å². The van der Waals surface area contributed by atoms with Crippen LogP contribution in [0.3, 0.4) is 0 Å². The highest BCUT2D eigenvalue weighted by Crippen LogP contribution is 2.55. The fourth-order valence-electron chi connectivity index (χ4n) is 6.92. The molecule has 4 aliphatic heterocycles. The minimum Gasteiger partial charge on any atom is -0.465 e. The zero-order valence-electron chi connectivity index (χ0n) is 22.9. The summed E-state index contributed by atoms with van der Waals surface area (Å²) in [7, 11) is 0. The van der Waals surface area contributed by atoms with Crippen LogP contribution < -0.4 is 0 Å². The number of benzene rings is 2. The van der Waals surface area contributed by atoms with Crippen LogP contribution in [0.5, 0.6) is 0 Å². The number of carbonyl (C=O) groups excluding carboxylic acids is 3. The molecule has 3 aromatic rings. The van der Waals surface area contributed by atoms with Crippen LogP contribution in [0.1, 0.15) is 24.4 Å². The molecule has 4 aliphatic rings. The first-order chi connectivity index (χ1) is 20.5. The predicted molar refractivity (Wildman–Crippen MR) is 149 cm³/mol. The summed E-state index contributed by atoms with van der Waals surface area (Å²) in [5, 5.41) is 19.1. The molecule has 1 N–H and O–H groups in total. The van der Waals surface area contributed by atoms with Crippen LogP contribution in [0.15, 0.2) is 78.9 Å². The van der Waals surface area contributed by atoms with Gasteiger partial charge in [-0.1, -0.05) is 72.0 Å². The average Bonchev–Trinajstić information content (AvgIpc) is 3.61. The van der Waals surface area contributed by atoms with E-state index < -0.39 is 54.1 Å². The Hall–Kier alpha value is -4.35. The molecule has 2 aromatic carbocycles. The predicted octanol–water partition coefficient (Wildman–Crippen LogP) is 1.99. The van der Waals surface area contributed by atoms with E-state index in [1.165, 1.54) is 4.90 Å². The smallest absolute Gasteiger partial charge is 0.312 e. The number of para-hydroxylation sites is 1. The van der Waals surface area contributed by atoms with Crippen molar-refractivity contribution in [3.63, 3.8) is 0 Å². The molecule has 216 valence electrons. The van der Waals surface area contributed by atoms with Gasteiger partial charge in [-0.15, -0.1) is 5.10 Å². The summed E-state index contributed by atoms with van der Waals surface area (Å²) in [6.45, 7) is 0.143. The van der Waals surface area contributed by atoms with Gasteiger partial charge in [-0.05, 0) is 30.5 Å². The number of rotatable bonds is 5. The number of fused-ring (bicyclic) bond motifs is 3. The maximum Gasteiger partial charge on any atom is 0.312 e. The highest BCUT2D eigenvalue weighted by Gasteiger charge is 2.72. The Balaban J connectivity index is 1.34. The molecule has 11 heteroatoms. The number of allylic oxidation sites excluding steroid dienone is 1. The Labute approximate surface area is 242 Å². The Kier molecular flexibility index (Phi) is 6.63. The van der Waals surface area contributed by atoms with Crippen LogP contribution in [0.4, 0.5) is 0 Å². The zero-order valence-corrected chi connectivity index (χ0v) is 22.9. The van der Waals surface area contributed by atoms with E-state index >= 15 is 0 Å². The number of aliphatic hydroxyl groups excluding tert-OH is 1. The third-order valence-corrected chi connectivity index (χ3v) is 8.79. The standard InChI is InChI=1S/C31H31N5O6/c37-18-23(20-10-3-1-4-11-20)36-27-29(39)34(19-35-22-13-7-6-12-21(22)32-33-35)16-9-15-31(27)26(28(36)38)25-24(42-31)14-5-2-8-17-41-30(25)40/h1,3-7,9-15,23-27,37H,2,8,16-19H2/b14-5-/t23-,24+,25-,26+,27?,31+/m1/s1. The molecule has 5 heterocycles. The summed E-state index contributed by atoms with van der Waals surface area (Å²) in [5.41, 5.74) is 0.702. The molecular weight excluding hydrogens is 538 g/mol. The van der Waals surface area contributed by atoms with Gasteiger partial charge < -0.3 is 24.4 Å². The van der Waals surface area contributed by atoms with Crippen molar-refractivity contribution in [3.05, 3.63) is 84.5 Å². The van der Waals surface area contributed by atoms with E-state index in [0.717, 1.165) is 5.52 Å². The molecule has 6 atom stereocenters. The van der Waals surface area contributed by atoms with Crippen LogP contribution >= 0.6 is 0 Å². The molecular formula is C31H31N5O6. The topological polar surface area (TPSA) is 127 Å². The first kappa shape index (κ1) is 26.5. The molecule has 2 amide bonds. The summed E-state index contributed by atoms with van der Waals surface area (Å²) >= 11 is 0. The van der Waals surface area contributed by atoms with Gasteiger partial charge in [0.2, 0.25) is 5.91 Å². The molecule has 1 aromatic heterocycles. The number of hydrogen-bond acceptors (Lipinski definition) is 8. The van der Waals surface area contributed by atoms with Gasteiger partial charge in [0.05, 0.1) is 36.8 Å². The second-order valence-corrected chi connectivity index (χ2v) is 11.1. The lowest BCUT2D eigenvalue weighted by atomic mass is 9.78. The molecule has 42 heavy (non-hydrogen) atoms. The van der Waals surface area contributed by atoms with Crippen molar-refractivity contribution in [2.75, 3.05) is 19.8 Å². The third kappa shape index (κ3) is 4.06. The van der Waals surface area contributed by atoms with Crippen molar-refractivity contribution < 1.29 is 29.0 Å². The monoisotopic (exact) mass is 569 g/mol. The molecule has 0 radical (unpaired) electrons. The Morgan fingerprint density at radius 2 is 1.83 bits per heavy atom. The van der Waals surface area contributed by atoms with E-state index in [4.69, 9.17) is 9.47 Å². The number of likely N-dealkylation sites (tertiary alicyclic amines) is 1. The van der Waals surface area contributed by atoms with Crippen molar-refractivity contribution >= 4 is 28.8 Å². The maximum atomic E-state index is 14.6. The second kappa shape index (κ2) is 10.5. The average molecular weight is 570 g/mol. The fourth-order valence-corrected chi connectivity index (χ4v) is 6.92. The second-order valence-electron chi connectivity index (χ2n) is 11.1. The number of nitrogens with zero attached hydrogens (tertiary/aromatic N) is 5. The number of aromatic nitrogens is 3. The minimum absolute atomic E-state index is 0.0902. The quantitative estimate of drug-likeness (QED) is 0.365. The summed E-state index contributed by atoms with van der Waals surface area (Å²) in [5.74, 6) is -3.25. The van der Waals surface area contributed by atoms with Crippen LogP contribution in [-0.4, -0.2) is 85.2 Å². The van der Waals surface area contributed by atoms with Crippen molar-refractivity contribution in [3.8, 4) is 0 Å². The van der Waals surface area contributed by atoms with Crippen molar-refractivity contribution in [1.29, 1.82) is 0 Å². The molecule has 0 saturated carbocycles. The molecule has 11 nitrogen and oxygen atoms in total. The zero-order chi connectivity index (χ0) is 28.8. The fraction of sp³-hybridized carbons (Fsp3) is 0.387. The van der Waals surface area contributed by atoms with Gasteiger partial charge in [0.25, 0.3) is 5.91 Å². The number of amides is 2. The molecule has 2 saturated heterocycles. The van der Waals surface area contributed by atoms with Crippen molar-refractivity contribution in [2.24, 2.45) is 11.8 Å². The molecule has 0 aliphatic carbocycles. The molecule has 2 fully saturated rings. The van der Waals surface area contributed by atoms with Gasteiger partial charge in [0.15, 0.2) is 0 Å². The van der Waals surface area contributed by atoms with Crippen LogP contribution in [0.2, 0.25) is 0 Å². The number of ether oxygens (including phenoxy) is 2. The first-order valence-electron chi connectivity index (χ1n) is 14.3. The number of carbonyl (C=O) groups is 3. The molecule has 1 spiro atoms. The van der Waals surface area contributed by atoms with Gasteiger partial charge in [-0.2, -0.15) is 0 Å². The van der Waals surface area contributed by atoms with Crippen LogP contribution in [0.25, 0.3) is 11.0 Å². The summed E-state index contributed by atoms with van der Waals surface area (Å²) < 4.78 is 13.9. The minimum atomic E-state index is -1.44. The SMILES string of the molecule is O=C1OCCC/C=C\[C@@H]2O[C@]34C=CCN(Cn5nnc6ccccc65)C(=O)C3N([C@H](CO)c3ccccc3)C(=O)[C@@H]4[C@H]12. The third-order valence-electron chi connectivity index (χ3n) is 8.79. The van der Waals surface area contributed by atoms with E-state index in [-0.39, 0.29) is 25.7 Å². The first-order valence-corrected chi connectivity index (χ1v) is 14.3. The lowest BCUT2D eigenvalue weighted by molar-refractivity contribution is -0.156. The van der Waals surface area contributed by atoms with E-state index in [0.29, 0.717) is 23.9 Å². The molecule has 7 rings (SSSR count). The van der Waals surface area contributed by atoms with Gasteiger partial charge >= 0.3 is 5.97 Å². The van der Waals surface area contributed by atoms with Crippen LogP contribution in [0, 0.1) is 11.8 Å². The van der Waals surface area contributed by atoms with E-state index in [2.05, 4.69) is 10.3 Å². The van der Waals surface area contributed by atoms with E-state index in [1.54, 1.807) is 15.7 Å². The lowest BCUT2D eigenvalue weighted by Crippen LogP contribution is -2.56. The number of cyclic esters (lactones) is 1. The lowest BCUT2D eigenvalue weighted by Gasteiger charge is -2.38. The number of aliphatic hydroxyl groups is 1. The van der Waals surface area contributed by atoms with Crippen LogP contribution in [-0.2, 0) is 30.5 Å². The summed E-state index contributed by atoms with van der Waals surface area (Å²) in [4.78, 5) is 45.7. The van der Waals surface area contributed by atoms with Crippen molar-refractivity contribution in [2.45, 2.75) is 43.3 Å². The maximum absolute atomic E-state index is 14.6. The van der Waals surface area contributed by atoms with E-state index in [9.17, 15) is 19.5 Å². The van der Waals surface area contributed by atoms with Gasteiger partial charge in [-0.3, -0.25) is 14.4 Å². The van der Waals surface area contributed by atoms with E-state index in [1.807, 2.05) is 72.8 Å². The normalized spacial score (nSPS) is 30.5. The van der Waals surface area contributed by atoms with Gasteiger partial charge in [0, 0.05) is 6.54 Å². The van der Waals surface area contributed by atoms with Gasteiger partial charge in [-0.25, -0.2) is 4.68 Å². The Morgan fingerprint density at radius 1 is 1.02 bits per heavy atom. The number of esters is 1. The Morgan fingerprint density at radius 3 is 2.67 bits per heavy atom. The summed E-state index contributed by atoms with van der Waals surface area (Å²) in [6, 6.07) is 14.6. The highest BCUT2D eigenvalue weighted by molar-refractivity contribution is 5.99. The largest absolute Gasteiger partial charge is 0.465 e. The molecule has 0 bridgehead atoms. The summed E-state index contributed by atoms with van der Waals surface area (Å²) in [6.07, 6.45) is 8.00. The highest BCUT2D eigenvalue weighted by atomic mass is 16.6. The molecule has 1 unspecified atom stereocenters. The number of hydrogen-bond donors (Lipinski definition) is 1.